The van der Waals surface area contributed by atoms with Gasteiger partial charge in [0, 0.05) is 4.91 Å². The number of nitrogens with zero attached hydrogens (tertiary/aromatic N) is 3. The first-order valence-corrected chi connectivity index (χ1v) is 14.4. The zero-order valence-electron chi connectivity index (χ0n) is 23.2. The van der Waals surface area contributed by atoms with Crippen LogP contribution in [-0.2, 0) is 22.7 Å². The lowest BCUT2D eigenvalue weighted by molar-refractivity contribution is -0.0808. The highest BCUT2D eigenvalue weighted by Crippen LogP contribution is 2.19. The lowest BCUT2D eigenvalue weighted by atomic mass is 10.0. The molecule has 0 saturated heterocycles. The Morgan fingerprint density at radius 2 is 1.32 bits per heavy atom. The van der Waals surface area contributed by atoms with Crippen molar-refractivity contribution in [3.05, 3.63) is 94.4 Å². The van der Waals surface area contributed by atoms with Crippen LogP contribution in [0, 0.1) is 0 Å². The van der Waals surface area contributed by atoms with Crippen molar-refractivity contribution in [1.29, 1.82) is 0 Å². The van der Waals surface area contributed by atoms with Crippen LogP contribution in [-0.4, -0.2) is 30.0 Å². The van der Waals surface area contributed by atoms with Crippen molar-refractivity contribution in [3.8, 4) is 0 Å². The molecule has 6 heteroatoms. The molecule has 0 amide bonds. The first-order valence-electron chi connectivity index (χ1n) is 14.4. The number of allylic oxidation sites excluding steroid dienone is 1. The predicted molar refractivity (Wildman–Crippen MR) is 156 cm³/mol. The fraction of sp³-hybridized carbons (Fsp3) is 0.562. The third kappa shape index (κ3) is 13.8. The van der Waals surface area contributed by atoms with Crippen LogP contribution in [0.2, 0.25) is 0 Å². The summed E-state index contributed by atoms with van der Waals surface area (Å²) in [7, 11) is 0. The number of aliphatic hydroxyl groups is 1. The molecule has 3 atom stereocenters. The molecule has 2 aromatic carbocycles. The van der Waals surface area contributed by atoms with Crippen LogP contribution >= 0.6 is 0 Å². The average molecular weight is 522 g/mol. The molecule has 2 rings (SSSR count). The minimum Gasteiger partial charge on any atom is -0.396 e. The van der Waals surface area contributed by atoms with Gasteiger partial charge in [-0.25, -0.2) is 0 Å². The largest absolute Gasteiger partial charge is 0.396 e. The van der Waals surface area contributed by atoms with E-state index in [2.05, 4.69) is 23.0 Å². The topological polar surface area (TPSA) is 87.5 Å². The quantitative estimate of drug-likeness (QED) is 0.0552. The monoisotopic (exact) mass is 521 g/mol. The van der Waals surface area contributed by atoms with Gasteiger partial charge in [-0.1, -0.05) is 143 Å². The molecule has 0 bridgehead atoms. The van der Waals surface area contributed by atoms with Crippen LogP contribution in [0.3, 0.4) is 0 Å². The maximum atomic E-state index is 10.0. The first kappa shape index (κ1) is 31.6. The number of ether oxygens (including phenoxy) is 2. The predicted octanol–water partition coefficient (Wildman–Crippen LogP) is 8.70. The number of unbranched alkanes of at least 4 members (excludes halogenated alkanes) is 10. The summed E-state index contributed by atoms with van der Waals surface area (Å²) in [4.78, 5) is 2.95. The number of hydrogen-bond acceptors (Lipinski definition) is 4. The molecule has 6 nitrogen and oxygen atoms in total. The molecule has 0 aliphatic heterocycles. The van der Waals surface area contributed by atoms with Gasteiger partial charge in [-0.3, -0.25) is 0 Å². The summed E-state index contributed by atoms with van der Waals surface area (Å²) in [5, 5.41) is 13.8. The van der Waals surface area contributed by atoms with Gasteiger partial charge in [0.15, 0.2) is 0 Å². The molecule has 0 radical (unpaired) electrons. The van der Waals surface area contributed by atoms with Gasteiger partial charge in [0.1, 0.15) is 6.10 Å². The summed E-state index contributed by atoms with van der Waals surface area (Å²) in [6.45, 7) is 2.67. The first-order chi connectivity index (χ1) is 18.8. The van der Waals surface area contributed by atoms with Gasteiger partial charge in [0.05, 0.1) is 32.0 Å². The molecule has 0 aliphatic carbocycles. The normalized spacial score (nSPS) is 13.7. The van der Waals surface area contributed by atoms with Crippen LogP contribution < -0.4 is 0 Å². The van der Waals surface area contributed by atoms with Crippen molar-refractivity contribution in [1.82, 2.24) is 0 Å². The van der Waals surface area contributed by atoms with E-state index in [4.69, 9.17) is 15.0 Å². The molecular formula is C32H47N3O3. The molecule has 0 fully saturated rings. The highest BCUT2D eigenvalue weighted by molar-refractivity contribution is 5.15. The summed E-state index contributed by atoms with van der Waals surface area (Å²) in [6, 6.07) is 19.1. The summed E-state index contributed by atoms with van der Waals surface area (Å²) in [6.07, 6.45) is 17.1. The summed E-state index contributed by atoms with van der Waals surface area (Å²) < 4.78 is 12.5. The van der Waals surface area contributed by atoms with Crippen molar-refractivity contribution in [3.63, 3.8) is 0 Å². The Bertz CT molecular complexity index is 901. The summed E-state index contributed by atoms with van der Waals surface area (Å²) in [5.41, 5.74) is 11.2. The fourth-order valence-electron chi connectivity index (χ4n) is 4.47. The molecule has 0 unspecified atom stereocenters. The van der Waals surface area contributed by atoms with Gasteiger partial charge in [0.25, 0.3) is 0 Å². The molecule has 2 aromatic rings. The standard InChI is InChI=1S/C32H47N3O3/c1-2-3-4-5-6-7-8-9-10-11-12-19-24-31(37-26-28-20-15-13-16-21-28)32(30(25-36)34-35-33)38-27-29-22-17-14-18-23-29/h13-24,30-32,36H,2-12,25-27H2,1H3/b24-19-/t30-,31+,32-/m0/s1. The molecule has 0 aliphatic rings. The second-order valence-electron chi connectivity index (χ2n) is 9.88. The van der Waals surface area contributed by atoms with Crippen molar-refractivity contribution >= 4 is 0 Å². The Hall–Kier alpha value is -2.63. The van der Waals surface area contributed by atoms with E-state index < -0.39 is 18.2 Å². The lowest BCUT2D eigenvalue weighted by Crippen LogP contribution is -2.41. The molecule has 208 valence electrons. The Labute approximate surface area is 229 Å². The second-order valence-corrected chi connectivity index (χ2v) is 9.88. The Morgan fingerprint density at radius 1 is 0.789 bits per heavy atom. The number of aliphatic hydroxyl groups excluding tert-OH is 1. The van der Waals surface area contributed by atoms with Gasteiger partial charge in [0.2, 0.25) is 0 Å². The van der Waals surface area contributed by atoms with Crippen molar-refractivity contribution in [2.45, 2.75) is 109 Å². The van der Waals surface area contributed by atoms with Gasteiger partial charge in [-0.2, -0.15) is 0 Å². The fourth-order valence-corrected chi connectivity index (χ4v) is 4.47. The van der Waals surface area contributed by atoms with Crippen LogP contribution in [0.4, 0.5) is 0 Å². The lowest BCUT2D eigenvalue weighted by Gasteiger charge is -2.29. The maximum Gasteiger partial charge on any atom is 0.103 e. The third-order valence-corrected chi connectivity index (χ3v) is 6.71. The minimum atomic E-state index is -0.758. The van der Waals surface area contributed by atoms with Crippen LogP contribution in [0.1, 0.15) is 88.7 Å². The Kier molecular flexibility index (Phi) is 17.7. The zero-order valence-corrected chi connectivity index (χ0v) is 23.2. The van der Waals surface area contributed by atoms with Gasteiger partial charge in [-0.15, -0.1) is 0 Å². The smallest absolute Gasteiger partial charge is 0.103 e. The molecule has 0 heterocycles. The highest BCUT2D eigenvalue weighted by Gasteiger charge is 2.29. The number of azide groups is 1. The van der Waals surface area contributed by atoms with E-state index in [9.17, 15) is 5.11 Å². The van der Waals surface area contributed by atoms with E-state index in [1.165, 1.54) is 57.8 Å². The number of rotatable bonds is 22. The summed E-state index contributed by atoms with van der Waals surface area (Å²) >= 11 is 0. The molecule has 0 saturated carbocycles. The van der Waals surface area contributed by atoms with Crippen LogP contribution in [0.15, 0.2) is 77.9 Å². The van der Waals surface area contributed by atoms with Crippen LogP contribution in [0.25, 0.3) is 10.4 Å². The molecule has 0 aromatic heterocycles. The van der Waals surface area contributed by atoms with Gasteiger partial charge < -0.3 is 14.6 Å². The van der Waals surface area contributed by atoms with Gasteiger partial charge >= 0.3 is 0 Å². The van der Waals surface area contributed by atoms with E-state index >= 15 is 0 Å². The molecule has 38 heavy (non-hydrogen) atoms. The number of hydrogen-bond donors (Lipinski definition) is 1. The third-order valence-electron chi connectivity index (χ3n) is 6.71. The van der Waals surface area contributed by atoms with E-state index in [-0.39, 0.29) is 6.61 Å². The SMILES string of the molecule is CCCCCCCCCCCC/C=C\[C@@H](OCc1ccccc1)[C@@H](OCc1ccccc1)[C@H](CO)N=[N+]=[N-]. The van der Waals surface area contributed by atoms with Crippen molar-refractivity contribution < 1.29 is 14.6 Å². The van der Waals surface area contributed by atoms with E-state index in [0.717, 1.165) is 24.0 Å². The second kappa shape index (κ2) is 21.3. The summed E-state index contributed by atoms with van der Waals surface area (Å²) in [5.74, 6) is 0. The van der Waals surface area contributed by atoms with Crippen LogP contribution in [0.5, 0.6) is 0 Å². The van der Waals surface area contributed by atoms with E-state index in [1.807, 2.05) is 66.7 Å². The van der Waals surface area contributed by atoms with E-state index in [1.54, 1.807) is 0 Å². The molecule has 0 spiro atoms. The van der Waals surface area contributed by atoms with Gasteiger partial charge in [-0.05, 0) is 29.5 Å². The van der Waals surface area contributed by atoms with Crippen molar-refractivity contribution in [2.24, 2.45) is 5.11 Å². The molecular weight excluding hydrogens is 474 g/mol. The zero-order chi connectivity index (χ0) is 27.1. The molecule has 1 N–H and O–H groups in total. The highest BCUT2D eigenvalue weighted by atomic mass is 16.5. The number of benzene rings is 2. The average Bonchev–Trinajstić information content (AvgIpc) is 2.96. The van der Waals surface area contributed by atoms with E-state index in [0.29, 0.717) is 13.2 Å². The maximum absolute atomic E-state index is 10.0. The Morgan fingerprint density at radius 3 is 1.84 bits per heavy atom. The Balaban J connectivity index is 1.95. The minimum absolute atomic E-state index is 0.318. The van der Waals surface area contributed by atoms with Crippen molar-refractivity contribution in [2.75, 3.05) is 6.61 Å².